The van der Waals surface area contributed by atoms with Gasteiger partial charge in [-0.1, -0.05) is 0 Å². The van der Waals surface area contributed by atoms with Crippen LogP contribution in [-0.2, 0) is 27.8 Å². The van der Waals surface area contributed by atoms with Crippen LogP contribution in [0.1, 0.15) is 5.56 Å². The fraction of sp³-hybridized carbons (Fsp3) is 0.333. The van der Waals surface area contributed by atoms with Crippen LogP contribution in [-0.4, -0.2) is 56.9 Å². The predicted molar refractivity (Wildman–Crippen MR) is 111 cm³/mol. The molecule has 3 rings (SSSR count). The number of sulfonamides is 1. The zero-order valence-electron chi connectivity index (χ0n) is 17.0. The molecule has 0 fully saturated rings. The van der Waals surface area contributed by atoms with Crippen LogP contribution in [0.3, 0.4) is 0 Å². The van der Waals surface area contributed by atoms with Crippen LogP contribution in [0.25, 0.3) is 11.3 Å². The van der Waals surface area contributed by atoms with Crippen molar-refractivity contribution >= 4 is 27.8 Å². The first kappa shape index (κ1) is 22.1. The molecule has 0 bridgehead atoms. The van der Waals surface area contributed by atoms with E-state index in [4.69, 9.17) is 15.2 Å². The highest BCUT2D eigenvalue weighted by Gasteiger charge is 2.30. The summed E-state index contributed by atoms with van der Waals surface area (Å²) in [7, 11) is -1.20. The number of carbonyl (C=O) groups is 2. The summed E-state index contributed by atoms with van der Waals surface area (Å²) in [5.74, 6) is -0.488. The molecule has 0 aliphatic carbocycles. The normalized spacial score (nSPS) is 12.4. The number of amides is 3. The van der Waals surface area contributed by atoms with Crippen LogP contribution < -0.4 is 30.5 Å². The SMILES string of the molecule is COc1cc2c(cc1OC)-c1cc(N(C(=O)CNC(N)=O)S(C)(=O)=O)nc(=O)n1CC2. The van der Waals surface area contributed by atoms with Gasteiger partial charge in [0.15, 0.2) is 17.3 Å². The van der Waals surface area contributed by atoms with E-state index in [2.05, 4.69) is 4.98 Å². The van der Waals surface area contributed by atoms with Crippen molar-refractivity contribution < 1.29 is 27.5 Å². The molecule has 2 heterocycles. The van der Waals surface area contributed by atoms with Gasteiger partial charge in [-0.15, -0.1) is 0 Å². The Morgan fingerprint density at radius 2 is 1.87 bits per heavy atom. The van der Waals surface area contributed by atoms with Gasteiger partial charge in [-0.3, -0.25) is 9.36 Å². The van der Waals surface area contributed by atoms with Crippen LogP contribution >= 0.6 is 0 Å². The first-order valence-electron chi connectivity index (χ1n) is 9.00. The standard InChI is InChI=1S/C18H21N5O7S/c1-29-13-6-10-4-5-22-12(11(10)7-14(13)30-2)8-15(21-18(22)26)23(31(3,27)28)16(24)9-20-17(19)25/h6-8H,4-5,9H2,1-3H3,(H3,19,20,25). The summed E-state index contributed by atoms with van der Waals surface area (Å²) < 4.78 is 37.0. The Balaban J connectivity index is 2.18. The van der Waals surface area contributed by atoms with Gasteiger partial charge in [0.1, 0.15) is 6.54 Å². The Hall–Kier alpha value is -3.61. The van der Waals surface area contributed by atoms with Gasteiger partial charge >= 0.3 is 11.7 Å². The number of hydrogen-bond donors (Lipinski definition) is 2. The van der Waals surface area contributed by atoms with Crippen LogP contribution in [0.4, 0.5) is 10.6 Å². The summed E-state index contributed by atoms with van der Waals surface area (Å²) in [6, 6.07) is 3.77. The maximum atomic E-state index is 12.7. The summed E-state index contributed by atoms with van der Waals surface area (Å²) in [5, 5.41) is 2.03. The van der Waals surface area contributed by atoms with Crippen LogP contribution in [0.2, 0.25) is 0 Å². The lowest BCUT2D eigenvalue weighted by Crippen LogP contribution is -2.45. The van der Waals surface area contributed by atoms with E-state index in [1.54, 1.807) is 12.1 Å². The van der Waals surface area contributed by atoms with Crippen molar-refractivity contribution in [2.45, 2.75) is 13.0 Å². The van der Waals surface area contributed by atoms with Gasteiger partial charge in [-0.2, -0.15) is 9.29 Å². The quantitative estimate of drug-likeness (QED) is 0.590. The third kappa shape index (κ3) is 4.30. The molecule has 1 aromatic heterocycles. The fourth-order valence-electron chi connectivity index (χ4n) is 3.35. The molecule has 12 nitrogen and oxygen atoms in total. The number of aromatic nitrogens is 2. The second-order valence-electron chi connectivity index (χ2n) is 6.69. The van der Waals surface area contributed by atoms with E-state index >= 15 is 0 Å². The molecule has 3 amide bonds. The van der Waals surface area contributed by atoms with E-state index in [0.717, 1.165) is 11.8 Å². The minimum Gasteiger partial charge on any atom is -0.493 e. The molecular weight excluding hydrogens is 430 g/mol. The molecule has 166 valence electrons. The van der Waals surface area contributed by atoms with Crippen molar-refractivity contribution in [3.05, 3.63) is 34.2 Å². The molecule has 0 atom stereocenters. The van der Waals surface area contributed by atoms with Crippen molar-refractivity contribution in [3.8, 4) is 22.8 Å². The second kappa shape index (κ2) is 8.26. The molecule has 1 aliphatic heterocycles. The number of nitrogens with zero attached hydrogens (tertiary/aromatic N) is 3. The zero-order valence-corrected chi connectivity index (χ0v) is 17.9. The number of benzene rings is 1. The van der Waals surface area contributed by atoms with Crippen molar-refractivity contribution in [1.82, 2.24) is 14.9 Å². The Bertz CT molecular complexity index is 1220. The number of primary amides is 1. The lowest BCUT2D eigenvalue weighted by Gasteiger charge is -2.25. The largest absolute Gasteiger partial charge is 0.493 e. The zero-order chi connectivity index (χ0) is 22.9. The Morgan fingerprint density at radius 1 is 1.23 bits per heavy atom. The van der Waals surface area contributed by atoms with Gasteiger partial charge in [-0.25, -0.2) is 18.0 Å². The van der Waals surface area contributed by atoms with E-state index in [1.165, 1.54) is 24.9 Å². The Labute approximate surface area is 177 Å². The highest BCUT2D eigenvalue weighted by atomic mass is 32.2. The summed E-state index contributed by atoms with van der Waals surface area (Å²) in [6.45, 7) is -0.385. The molecule has 0 saturated carbocycles. The summed E-state index contributed by atoms with van der Waals surface area (Å²) in [6.07, 6.45) is 1.30. The number of fused-ring (bicyclic) bond motifs is 3. The first-order valence-corrected chi connectivity index (χ1v) is 10.8. The molecular formula is C18H21N5O7S. The summed E-state index contributed by atoms with van der Waals surface area (Å²) >= 11 is 0. The summed E-state index contributed by atoms with van der Waals surface area (Å²) in [5.41, 5.74) is 6.05. The number of anilines is 1. The van der Waals surface area contributed by atoms with E-state index in [9.17, 15) is 22.8 Å². The molecule has 1 aliphatic rings. The maximum Gasteiger partial charge on any atom is 0.350 e. The molecule has 0 radical (unpaired) electrons. The third-order valence-corrected chi connectivity index (χ3v) is 5.72. The van der Waals surface area contributed by atoms with Crippen molar-refractivity contribution in [1.29, 1.82) is 0 Å². The number of nitrogens with two attached hydrogens (primary N) is 1. The van der Waals surface area contributed by atoms with Gasteiger partial charge in [0.25, 0.3) is 5.91 Å². The lowest BCUT2D eigenvalue weighted by atomic mass is 9.97. The van der Waals surface area contributed by atoms with E-state index in [1.807, 2.05) is 5.32 Å². The van der Waals surface area contributed by atoms with Gasteiger partial charge < -0.3 is 20.5 Å². The Kier molecular flexibility index (Phi) is 5.88. The smallest absolute Gasteiger partial charge is 0.350 e. The Morgan fingerprint density at radius 3 is 2.45 bits per heavy atom. The molecule has 0 unspecified atom stereocenters. The topological polar surface area (TPSA) is 163 Å². The van der Waals surface area contributed by atoms with Crippen molar-refractivity contribution in [2.75, 3.05) is 31.3 Å². The van der Waals surface area contributed by atoms with E-state index in [-0.39, 0.29) is 0 Å². The monoisotopic (exact) mass is 451 g/mol. The van der Waals surface area contributed by atoms with Crippen molar-refractivity contribution in [3.63, 3.8) is 0 Å². The highest BCUT2D eigenvalue weighted by molar-refractivity contribution is 7.92. The number of rotatable bonds is 6. The highest BCUT2D eigenvalue weighted by Crippen LogP contribution is 2.38. The van der Waals surface area contributed by atoms with Gasteiger partial charge in [0.2, 0.25) is 10.0 Å². The van der Waals surface area contributed by atoms with Crippen molar-refractivity contribution in [2.24, 2.45) is 5.73 Å². The number of nitrogens with one attached hydrogen (secondary N) is 1. The fourth-order valence-corrected chi connectivity index (χ4v) is 4.22. The molecule has 3 N–H and O–H groups in total. The molecule has 31 heavy (non-hydrogen) atoms. The second-order valence-corrected chi connectivity index (χ2v) is 8.52. The third-order valence-electron chi connectivity index (χ3n) is 4.67. The van der Waals surface area contributed by atoms with Crippen LogP contribution in [0.5, 0.6) is 11.5 Å². The number of urea groups is 1. The van der Waals surface area contributed by atoms with Crippen LogP contribution in [0.15, 0.2) is 23.0 Å². The number of ether oxygens (including phenoxy) is 2. The molecule has 2 aromatic rings. The number of methoxy groups -OCH3 is 2. The molecule has 0 spiro atoms. The number of hydrogen-bond acceptors (Lipinski definition) is 8. The van der Waals surface area contributed by atoms with Gasteiger partial charge in [0.05, 0.1) is 26.2 Å². The van der Waals surface area contributed by atoms with Gasteiger partial charge in [0, 0.05) is 18.2 Å². The molecule has 0 saturated heterocycles. The van der Waals surface area contributed by atoms with E-state index < -0.39 is 40.0 Å². The van der Waals surface area contributed by atoms with Crippen LogP contribution in [0, 0.1) is 0 Å². The number of carbonyl (C=O) groups excluding carboxylic acids is 2. The summed E-state index contributed by atoms with van der Waals surface area (Å²) in [4.78, 5) is 39.9. The molecule has 1 aromatic carbocycles. The van der Waals surface area contributed by atoms with E-state index in [0.29, 0.717) is 40.0 Å². The predicted octanol–water partition coefficient (Wildman–Crippen LogP) is -0.555. The average Bonchev–Trinajstić information content (AvgIpc) is 2.70. The minimum absolute atomic E-state index is 0.306. The minimum atomic E-state index is -4.17. The number of aryl methyl sites for hydroxylation is 1. The molecule has 13 heteroatoms. The average molecular weight is 451 g/mol. The van der Waals surface area contributed by atoms with Gasteiger partial charge in [-0.05, 0) is 24.1 Å². The lowest BCUT2D eigenvalue weighted by molar-refractivity contribution is -0.116. The first-order chi connectivity index (χ1) is 14.6. The maximum absolute atomic E-state index is 12.7.